The summed E-state index contributed by atoms with van der Waals surface area (Å²) < 4.78 is 0. The number of carbonyl (C=O) groups excluding carboxylic acids is 1. The second-order valence-corrected chi connectivity index (χ2v) is 5.09. The minimum absolute atomic E-state index is 0.145. The van der Waals surface area contributed by atoms with E-state index in [4.69, 9.17) is 0 Å². The Balaban J connectivity index is 1.80. The standard InChI is InChI=1S/C13H19N3O/c17-13(16-8-3-1-2-4-9-16)12-10-6-5-7-11(10)14-15-12/h1-9H2,(H,14,15). The molecular formula is C13H19N3O. The van der Waals surface area contributed by atoms with Gasteiger partial charge in [-0.15, -0.1) is 0 Å². The van der Waals surface area contributed by atoms with E-state index in [1.54, 1.807) is 0 Å². The number of amides is 1. The molecule has 17 heavy (non-hydrogen) atoms. The van der Waals surface area contributed by atoms with Crippen molar-refractivity contribution in [3.8, 4) is 0 Å². The van der Waals surface area contributed by atoms with E-state index in [2.05, 4.69) is 10.2 Å². The lowest BCUT2D eigenvalue weighted by Crippen LogP contribution is -2.32. The molecule has 0 atom stereocenters. The van der Waals surface area contributed by atoms with Crippen LogP contribution in [0.2, 0.25) is 0 Å². The van der Waals surface area contributed by atoms with E-state index < -0.39 is 0 Å². The SMILES string of the molecule is O=C(c1n[nH]c2c1CCC2)N1CCCCCC1. The molecule has 0 saturated carbocycles. The van der Waals surface area contributed by atoms with Crippen LogP contribution >= 0.6 is 0 Å². The fourth-order valence-corrected chi connectivity index (χ4v) is 2.92. The first kappa shape index (κ1) is 10.8. The van der Waals surface area contributed by atoms with E-state index in [9.17, 15) is 4.79 Å². The number of nitrogens with zero attached hydrogens (tertiary/aromatic N) is 2. The van der Waals surface area contributed by atoms with E-state index in [-0.39, 0.29) is 5.91 Å². The van der Waals surface area contributed by atoms with Crippen LogP contribution in [0.25, 0.3) is 0 Å². The molecule has 3 rings (SSSR count). The molecule has 4 heteroatoms. The normalized spacial score (nSPS) is 20.1. The van der Waals surface area contributed by atoms with Gasteiger partial charge in [0.15, 0.2) is 5.69 Å². The third-order valence-corrected chi connectivity index (χ3v) is 3.90. The molecule has 1 aromatic rings. The number of nitrogens with one attached hydrogen (secondary N) is 1. The minimum atomic E-state index is 0.145. The van der Waals surface area contributed by atoms with Gasteiger partial charge in [-0.3, -0.25) is 9.89 Å². The van der Waals surface area contributed by atoms with Crippen LogP contribution in [0.1, 0.15) is 53.8 Å². The number of hydrogen-bond donors (Lipinski definition) is 1. The van der Waals surface area contributed by atoms with Crippen molar-refractivity contribution in [3.63, 3.8) is 0 Å². The van der Waals surface area contributed by atoms with Gasteiger partial charge in [0.25, 0.3) is 5.91 Å². The maximum absolute atomic E-state index is 12.4. The smallest absolute Gasteiger partial charge is 0.274 e. The van der Waals surface area contributed by atoms with Gasteiger partial charge in [0.1, 0.15) is 0 Å². The van der Waals surface area contributed by atoms with Gasteiger partial charge in [0.05, 0.1) is 0 Å². The number of aryl methyl sites for hydroxylation is 1. The predicted octanol–water partition coefficient (Wildman–Crippen LogP) is 1.91. The van der Waals surface area contributed by atoms with Crippen LogP contribution in [0.5, 0.6) is 0 Å². The molecule has 1 aliphatic carbocycles. The Bertz CT molecular complexity index is 416. The Hall–Kier alpha value is -1.32. The van der Waals surface area contributed by atoms with Crippen LogP contribution in [-0.4, -0.2) is 34.1 Å². The van der Waals surface area contributed by atoms with Crippen LogP contribution in [-0.2, 0) is 12.8 Å². The molecule has 4 nitrogen and oxygen atoms in total. The van der Waals surface area contributed by atoms with Crippen molar-refractivity contribution in [2.24, 2.45) is 0 Å². The summed E-state index contributed by atoms with van der Waals surface area (Å²) in [5.74, 6) is 0.145. The molecule has 1 aromatic heterocycles. The van der Waals surface area contributed by atoms with Crippen molar-refractivity contribution in [3.05, 3.63) is 17.0 Å². The molecule has 92 valence electrons. The summed E-state index contributed by atoms with van der Waals surface area (Å²) in [4.78, 5) is 14.4. The number of H-pyrrole nitrogens is 1. The maximum atomic E-state index is 12.4. The minimum Gasteiger partial charge on any atom is -0.337 e. The second-order valence-electron chi connectivity index (χ2n) is 5.09. The first-order chi connectivity index (χ1) is 8.36. The largest absolute Gasteiger partial charge is 0.337 e. The van der Waals surface area contributed by atoms with Crippen LogP contribution < -0.4 is 0 Å². The molecule has 0 spiro atoms. The lowest BCUT2D eigenvalue weighted by atomic mass is 10.2. The molecule has 1 amide bonds. The third kappa shape index (κ3) is 1.96. The second kappa shape index (κ2) is 4.51. The summed E-state index contributed by atoms with van der Waals surface area (Å²) >= 11 is 0. The van der Waals surface area contributed by atoms with E-state index in [0.29, 0.717) is 5.69 Å². The van der Waals surface area contributed by atoms with Crippen LogP contribution in [0.4, 0.5) is 0 Å². The molecule has 1 fully saturated rings. The van der Waals surface area contributed by atoms with Gasteiger partial charge >= 0.3 is 0 Å². The Morgan fingerprint density at radius 1 is 1.06 bits per heavy atom. The molecular weight excluding hydrogens is 214 g/mol. The molecule has 0 radical (unpaired) electrons. The molecule has 2 heterocycles. The highest BCUT2D eigenvalue weighted by Crippen LogP contribution is 2.24. The van der Waals surface area contributed by atoms with Gasteiger partial charge in [-0.25, -0.2) is 0 Å². The quantitative estimate of drug-likeness (QED) is 0.805. The number of likely N-dealkylation sites (tertiary alicyclic amines) is 1. The van der Waals surface area contributed by atoms with E-state index in [1.165, 1.54) is 24.1 Å². The van der Waals surface area contributed by atoms with E-state index in [0.717, 1.165) is 45.2 Å². The zero-order chi connectivity index (χ0) is 11.7. The van der Waals surface area contributed by atoms with Crippen molar-refractivity contribution < 1.29 is 4.79 Å². The van der Waals surface area contributed by atoms with Gasteiger partial charge in [0, 0.05) is 24.3 Å². The average Bonchev–Trinajstić information content (AvgIpc) is 2.82. The lowest BCUT2D eigenvalue weighted by molar-refractivity contribution is 0.0754. The highest BCUT2D eigenvalue weighted by atomic mass is 16.2. The summed E-state index contributed by atoms with van der Waals surface area (Å²) in [5, 5.41) is 7.25. The molecule has 0 aromatic carbocycles. The molecule has 1 saturated heterocycles. The first-order valence-electron chi connectivity index (χ1n) is 6.71. The number of aromatic nitrogens is 2. The van der Waals surface area contributed by atoms with Crippen molar-refractivity contribution in [2.75, 3.05) is 13.1 Å². The first-order valence-corrected chi connectivity index (χ1v) is 6.71. The number of hydrogen-bond acceptors (Lipinski definition) is 2. The van der Waals surface area contributed by atoms with Gasteiger partial charge in [-0.05, 0) is 32.1 Å². The number of carbonyl (C=O) groups is 1. The highest BCUT2D eigenvalue weighted by Gasteiger charge is 2.26. The Morgan fingerprint density at radius 3 is 2.59 bits per heavy atom. The van der Waals surface area contributed by atoms with Crippen LogP contribution in [0.3, 0.4) is 0 Å². The third-order valence-electron chi connectivity index (χ3n) is 3.90. The maximum Gasteiger partial charge on any atom is 0.274 e. The Labute approximate surface area is 101 Å². The summed E-state index contributed by atoms with van der Waals surface area (Å²) in [6.45, 7) is 1.81. The molecule has 2 aliphatic rings. The summed E-state index contributed by atoms with van der Waals surface area (Å²) in [5.41, 5.74) is 3.06. The van der Waals surface area contributed by atoms with Crippen molar-refractivity contribution >= 4 is 5.91 Å². The van der Waals surface area contributed by atoms with Gasteiger partial charge < -0.3 is 4.90 Å². The molecule has 0 unspecified atom stereocenters. The predicted molar refractivity (Wildman–Crippen MR) is 65.0 cm³/mol. The Kier molecular flexibility index (Phi) is 2.87. The molecule has 1 N–H and O–H groups in total. The zero-order valence-electron chi connectivity index (χ0n) is 10.2. The number of rotatable bonds is 1. The topological polar surface area (TPSA) is 49.0 Å². The summed E-state index contributed by atoms with van der Waals surface area (Å²) in [7, 11) is 0. The summed E-state index contributed by atoms with van der Waals surface area (Å²) in [6.07, 6.45) is 8.00. The lowest BCUT2D eigenvalue weighted by Gasteiger charge is -2.19. The summed E-state index contributed by atoms with van der Waals surface area (Å²) in [6, 6.07) is 0. The molecule has 1 aliphatic heterocycles. The van der Waals surface area contributed by atoms with Gasteiger partial charge in [-0.2, -0.15) is 5.10 Å². The van der Waals surface area contributed by atoms with Crippen molar-refractivity contribution in [1.29, 1.82) is 0 Å². The van der Waals surface area contributed by atoms with E-state index >= 15 is 0 Å². The van der Waals surface area contributed by atoms with E-state index in [1.807, 2.05) is 4.90 Å². The molecule has 0 bridgehead atoms. The van der Waals surface area contributed by atoms with Gasteiger partial charge in [-0.1, -0.05) is 12.8 Å². The highest BCUT2D eigenvalue weighted by molar-refractivity contribution is 5.94. The number of fused-ring (bicyclic) bond motifs is 1. The zero-order valence-corrected chi connectivity index (χ0v) is 10.2. The number of aromatic amines is 1. The van der Waals surface area contributed by atoms with Crippen LogP contribution in [0.15, 0.2) is 0 Å². The average molecular weight is 233 g/mol. The Morgan fingerprint density at radius 2 is 1.82 bits per heavy atom. The fourth-order valence-electron chi connectivity index (χ4n) is 2.92. The van der Waals surface area contributed by atoms with Crippen molar-refractivity contribution in [1.82, 2.24) is 15.1 Å². The van der Waals surface area contributed by atoms with Crippen LogP contribution in [0, 0.1) is 0 Å². The fraction of sp³-hybridized carbons (Fsp3) is 0.692. The monoisotopic (exact) mass is 233 g/mol. The van der Waals surface area contributed by atoms with Gasteiger partial charge in [0.2, 0.25) is 0 Å². The van der Waals surface area contributed by atoms with Crippen molar-refractivity contribution in [2.45, 2.75) is 44.9 Å².